The number of carbonyl (C=O) groups excluding carboxylic acids is 1. The summed E-state index contributed by atoms with van der Waals surface area (Å²) in [4.78, 5) is 11.6. The number of ether oxygens (including phenoxy) is 1. The topological polar surface area (TPSA) is 51.5 Å². The predicted molar refractivity (Wildman–Crippen MR) is 62.3 cm³/mol. The van der Waals surface area contributed by atoms with Crippen molar-refractivity contribution >= 4 is 21.8 Å². The summed E-state index contributed by atoms with van der Waals surface area (Å²) in [7, 11) is 0. The Balaban J connectivity index is 1.61. The molecule has 0 aromatic carbocycles. The smallest absolute Gasteiger partial charge is 0.255 e. The first-order valence-corrected chi connectivity index (χ1v) is 6.15. The van der Waals surface area contributed by atoms with E-state index in [1.165, 1.54) is 19.1 Å². The Kier molecular flexibility index (Phi) is 4.01. The molecule has 1 fully saturated rings. The molecule has 0 radical (unpaired) electrons. The lowest BCUT2D eigenvalue weighted by molar-refractivity contribution is 0.0905. The molecule has 0 spiro atoms. The van der Waals surface area contributed by atoms with E-state index in [2.05, 4.69) is 21.2 Å². The van der Waals surface area contributed by atoms with Gasteiger partial charge in [-0.15, -0.1) is 0 Å². The highest BCUT2D eigenvalue weighted by atomic mass is 79.9. The van der Waals surface area contributed by atoms with Crippen molar-refractivity contribution in [2.75, 3.05) is 19.8 Å². The van der Waals surface area contributed by atoms with Crippen molar-refractivity contribution in [3.05, 3.63) is 22.6 Å². The first kappa shape index (κ1) is 11.7. The minimum absolute atomic E-state index is 0.143. The van der Waals surface area contributed by atoms with Gasteiger partial charge in [0.15, 0.2) is 4.67 Å². The zero-order valence-electron chi connectivity index (χ0n) is 8.87. The molecule has 0 aliphatic heterocycles. The summed E-state index contributed by atoms with van der Waals surface area (Å²) in [5.41, 5.74) is 0.516. The van der Waals surface area contributed by atoms with Gasteiger partial charge in [0, 0.05) is 13.2 Å². The maximum Gasteiger partial charge on any atom is 0.255 e. The molecule has 0 atom stereocenters. The third kappa shape index (κ3) is 3.35. The lowest BCUT2D eigenvalue weighted by Crippen LogP contribution is -2.27. The molecule has 1 aliphatic carbocycles. The van der Waals surface area contributed by atoms with Gasteiger partial charge in [0.2, 0.25) is 0 Å². The molecule has 0 bridgehead atoms. The van der Waals surface area contributed by atoms with E-state index in [-0.39, 0.29) is 5.91 Å². The van der Waals surface area contributed by atoms with Crippen LogP contribution in [0.3, 0.4) is 0 Å². The Morgan fingerprint density at radius 1 is 1.62 bits per heavy atom. The number of furan rings is 1. The Bertz CT molecular complexity index is 360. The van der Waals surface area contributed by atoms with Crippen molar-refractivity contribution in [1.82, 2.24) is 5.32 Å². The van der Waals surface area contributed by atoms with E-state index >= 15 is 0 Å². The van der Waals surface area contributed by atoms with Crippen LogP contribution in [0.2, 0.25) is 0 Å². The second-order valence-electron chi connectivity index (χ2n) is 3.88. The van der Waals surface area contributed by atoms with Gasteiger partial charge in [0.05, 0.1) is 18.4 Å². The van der Waals surface area contributed by atoms with E-state index in [0.29, 0.717) is 23.4 Å². The van der Waals surface area contributed by atoms with Gasteiger partial charge in [-0.2, -0.15) is 0 Å². The van der Waals surface area contributed by atoms with Crippen LogP contribution in [0.5, 0.6) is 0 Å². The van der Waals surface area contributed by atoms with Crippen LogP contribution in [0.1, 0.15) is 23.2 Å². The molecule has 0 unspecified atom stereocenters. The number of nitrogens with one attached hydrogen (secondary N) is 1. The van der Waals surface area contributed by atoms with E-state index in [9.17, 15) is 4.79 Å². The normalized spacial score (nSPS) is 15.1. The van der Waals surface area contributed by atoms with E-state index in [1.54, 1.807) is 6.07 Å². The molecule has 1 heterocycles. The number of carbonyl (C=O) groups is 1. The monoisotopic (exact) mass is 287 g/mol. The van der Waals surface area contributed by atoms with Crippen LogP contribution in [0, 0.1) is 5.92 Å². The van der Waals surface area contributed by atoms with Gasteiger partial charge >= 0.3 is 0 Å². The third-order valence-electron chi connectivity index (χ3n) is 2.45. The van der Waals surface area contributed by atoms with Crippen molar-refractivity contribution in [2.45, 2.75) is 12.8 Å². The lowest BCUT2D eigenvalue weighted by Gasteiger charge is -2.04. The summed E-state index contributed by atoms with van der Waals surface area (Å²) in [5, 5.41) is 2.77. The van der Waals surface area contributed by atoms with Gasteiger partial charge in [-0.1, -0.05) is 0 Å². The van der Waals surface area contributed by atoms with Crippen molar-refractivity contribution < 1.29 is 13.9 Å². The fourth-order valence-corrected chi connectivity index (χ4v) is 1.74. The summed E-state index contributed by atoms with van der Waals surface area (Å²) in [6.45, 7) is 1.92. The molecule has 1 aromatic heterocycles. The Hall–Kier alpha value is -0.810. The Morgan fingerprint density at radius 3 is 3.06 bits per heavy atom. The van der Waals surface area contributed by atoms with Crippen molar-refractivity contribution in [3.63, 3.8) is 0 Å². The molecule has 0 saturated heterocycles. The number of rotatable bonds is 6. The molecule has 5 heteroatoms. The van der Waals surface area contributed by atoms with Crippen LogP contribution < -0.4 is 5.32 Å². The van der Waals surface area contributed by atoms with Gasteiger partial charge in [-0.05, 0) is 40.8 Å². The zero-order chi connectivity index (χ0) is 11.4. The quantitative estimate of drug-likeness (QED) is 0.816. The SMILES string of the molecule is O=C(NCCOCC1CC1)c1ccoc1Br. The molecular formula is C11H14BrNO3. The Morgan fingerprint density at radius 2 is 2.44 bits per heavy atom. The Labute approximate surface area is 102 Å². The minimum atomic E-state index is -0.143. The van der Waals surface area contributed by atoms with Crippen molar-refractivity contribution in [1.29, 1.82) is 0 Å². The molecule has 2 rings (SSSR count). The maximum absolute atomic E-state index is 11.6. The van der Waals surface area contributed by atoms with E-state index in [0.717, 1.165) is 12.5 Å². The van der Waals surface area contributed by atoms with Crippen LogP contribution in [0.15, 0.2) is 21.4 Å². The van der Waals surface area contributed by atoms with Crippen LogP contribution >= 0.6 is 15.9 Å². The molecule has 1 N–H and O–H groups in total. The highest BCUT2D eigenvalue weighted by Crippen LogP contribution is 2.28. The second kappa shape index (κ2) is 5.50. The first-order valence-electron chi connectivity index (χ1n) is 5.36. The molecular weight excluding hydrogens is 274 g/mol. The minimum Gasteiger partial charge on any atom is -0.457 e. The maximum atomic E-state index is 11.6. The number of amides is 1. The van der Waals surface area contributed by atoms with Gasteiger partial charge in [0.25, 0.3) is 5.91 Å². The van der Waals surface area contributed by atoms with Crippen molar-refractivity contribution in [3.8, 4) is 0 Å². The van der Waals surface area contributed by atoms with Crippen LogP contribution in [-0.2, 0) is 4.74 Å². The zero-order valence-corrected chi connectivity index (χ0v) is 10.5. The van der Waals surface area contributed by atoms with Gasteiger partial charge in [-0.25, -0.2) is 0 Å². The highest BCUT2D eigenvalue weighted by Gasteiger charge is 2.20. The molecule has 16 heavy (non-hydrogen) atoms. The molecule has 1 amide bonds. The van der Waals surface area contributed by atoms with Crippen molar-refractivity contribution in [2.24, 2.45) is 5.92 Å². The third-order valence-corrected chi connectivity index (χ3v) is 3.06. The molecule has 88 valence electrons. The predicted octanol–water partition coefficient (Wildman–Crippen LogP) is 2.20. The van der Waals surface area contributed by atoms with Crippen LogP contribution in [-0.4, -0.2) is 25.7 Å². The standard InChI is InChI=1S/C11H14BrNO3/c12-10-9(3-5-16-10)11(14)13-4-6-15-7-8-1-2-8/h3,5,8H,1-2,4,6-7H2,(H,13,14). The summed E-state index contributed by atoms with van der Waals surface area (Å²) in [6, 6.07) is 1.63. The number of halogens is 1. The van der Waals surface area contributed by atoms with Gasteiger partial charge in [0.1, 0.15) is 0 Å². The first-order chi connectivity index (χ1) is 7.77. The van der Waals surface area contributed by atoms with Crippen LogP contribution in [0.25, 0.3) is 0 Å². The molecule has 1 saturated carbocycles. The van der Waals surface area contributed by atoms with Gasteiger partial charge in [-0.3, -0.25) is 4.79 Å². The second-order valence-corrected chi connectivity index (χ2v) is 4.60. The van der Waals surface area contributed by atoms with E-state index in [1.807, 2.05) is 0 Å². The number of hydrogen-bond acceptors (Lipinski definition) is 3. The lowest BCUT2D eigenvalue weighted by atomic mass is 10.3. The highest BCUT2D eigenvalue weighted by molar-refractivity contribution is 9.10. The molecule has 1 aliphatic rings. The molecule has 4 nitrogen and oxygen atoms in total. The summed E-state index contributed by atoms with van der Waals surface area (Å²) in [5.74, 6) is 0.620. The fraction of sp³-hybridized carbons (Fsp3) is 0.545. The fourth-order valence-electron chi connectivity index (χ4n) is 1.32. The van der Waals surface area contributed by atoms with E-state index in [4.69, 9.17) is 9.15 Å². The van der Waals surface area contributed by atoms with Crippen LogP contribution in [0.4, 0.5) is 0 Å². The average molecular weight is 288 g/mol. The summed E-state index contributed by atoms with van der Waals surface area (Å²) >= 11 is 3.16. The van der Waals surface area contributed by atoms with Gasteiger partial charge < -0.3 is 14.5 Å². The molecule has 1 aromatic rings. The summed E-state index contributed by atoms with van der Waals surface area (Å²) in [6.07, 6.45) is 4.05. The largest absolute Gasteiger partial charge is 0.457 e. The summed E-state index contributed by atoms with van der Waals surface area (Å²) < 4.78 is 10.8. The van der Waals surface area contributed by atoms with E-state index < -0.39 is 0 Å². The number of hydrogen-bond donors (Lipinski definition) is 1. The average Bonchev–Trinajstić information content (AvgIpc) is 2.99.